The van der Waals surface area contributed by atoms with Crippen molar-refractivity contribution in [3.63, 3.8) is 0 Å². The topological polar surface area (TPSA) is 79.8 Å². The van der Waals surface area contributed by atoms with Crippen molar-refractivity contribution in [2.75, 3.05) is 0 Å². The fourth-order valence-corrected chi connectivity index (χ4v) is 3.82. The van der Waals surface area contributed by atoms with Crippen LogP contribution in [0.25, 0.3) is 0 Å². The largest absolute Gasteiger partial charge is 0.349 e. The Bertz CT molecular complexity index is 671. The molecule has 1 aromatic heterocycles. The van der Waals surface area contributed by atoms with Gasteiger partial charge in [-0.15, -0.1) is 0 Å². The molecule has 0 bridgehead atoms. The molecular formula is C15H22N4O2S. The van der Waals surface area contributed by atoms with E-state index in [0.717, 1.165) is 18.7 Å². The molecule has 3 rings (SSSR count). The van der Waals surface area contributed by atoms with E-state index in [4.69, 9.17) is 12.2 Å². The van der Waals surface area contributed by atoms with E-state index in [1.165, 1.54) is 0 Å². The second-order valence-electron chi connectivity index (χ2n) is 7.04. The summed E-state index contributed by atoms with van der Waals surface area (Å²) in [5, 5.41) is 9.96. The summed E-state index contributed by atoms with van der Waals surface area (Å²) in [4.78, 5) is 23.9. The van der Waals surface area contributed by atoms with Crippen molar-refractivity contribution in [1.82, 2.24) is 20.1 Å². The number of nitrogens with zero attached hydrogens (tertiary/aromatic N) is 2. The number of ketones is 1. The molecule has 2 fully saturated rings. The van der Waals surface area contributed by atoms with Crippen molar-refractivity contribution in [1.29, 1.82) is 0 Å². The second-order valence-corrected chi connectivity index (χ2v) is 7.42. The first kappa shape index (κ1) is 15.4. The van der Waals surface area contributed by atoms with Gasteiger partial charge >= 0.3 is 0 Å². The number of nitrogens with one attached hydrogen (secondary N) is 2. The molecule has 120 valence electrons. The molecule has 7 heteroatoms. The molecule has 0 unspecified atom stereocenters. The third kappa shape index (κ3) is 2.51. The predicted molar refractivity (Wildman–Crippen MR) is 83.6 cm³/mol. The highest BCUT2D eigenvalue weighted by molar-refractivity contribution is 7.71. The number of carbonyl (C=O) groups excluding carboxylic acids is 2. The lowest BCUT2D eigenvalue weighted by atomic mass is 9.53. The van der Waals surface area contributed by atoms with E-state index in [1.54, 1.807) is 6.92 Å². The zero-order valence-corrected chi connectivity index (χ0v) is 14.0. The maximum atomic E-state index is 12.4. The number of carbonyl (C=O) groups is 2. The average Bonchev–Trinajstić information content (AvgIpc) is 3.18. The first-order valence-electron chi connectivity index (χ1n) is 7.76. The van der Waals surface area contributed by atoms with Gasteiger partial charge in [0.25, 0.3) is 0 Å². The number of aromatic nitrogens is 3. The van der Waals surface area contributed by atoms with Crippen LogP contribution in [0.1, 0.15) is 51.9 Å². The number of rotatable bonds is 5. The van der Waals surface area contributed by atoms with Gasteiger partial charge in [-0.3, -0.25) is 19.3 Å². The van der Waals surface area contributed by atoms with E-state index in [1.807, 2.05) is 18.4 Å². The van der Waals surface area contributed by atoms with Crippen LogP contribution in [-0.4, -0.2) is 26.5 Å². The molecule has 0 aliphatic heterocycles. The molecule has 2 aliphatic carbocycles. The SMILES string of the molecule is CC(=O)[C@@H]1C[C@H](C(=O)NCc2n[nH]c(=S)n2C2CC2)C1(C)C. The smallest absolute Gasteiger partial charge is 0.224 e. The van der Waals surface area contributed by atoms with Crippen LogP contribution in [0.4, 0.5) is 0 Å². The summed E-state index contributed by atoms with van der Waals surface area (Å²) in [6.45, 7) is 5.97. The first-order chi connectivity index (χ1) is 10.3. The molecule has 0 radical (unpaired) electrons. The zero-order chi connectivity index (χ0) is 16.1. The predicted octanol–water partition coefficient (Wildman–Crippen LogP) is 2.14. The van der Waals surface area contributed by atoms with Crippen LogP contribution < -0.4 is 5.32 Å². The summed E-state index contributed by atoms with van der Waals surface area (Å²) in [6.07, 6.45) is 2.87. The number of Topliss-reactive ketones (excluding diaryl/α,β-unsaturated/α-hetero) is 1. The summed E-state index contributed by atoms with van der Waals surface area (Å²) in [5.41, 5.74) is -0.267. The fraction of sp³-hybridized carbons (Fsp3) is 0.733. The third-order valence-electron chi connectivity index (χ3n) is 5.19. The molecule has 2 aliphatic rings. The van der Waals surface area contributed by atoms with Crippen LogP contribution >= 0.6 is 12.2 Å². The average molecular weight is 322 g/mol. The Hall–Kier alpha value is -1.50. The third-order valence-corrected chi connectivity index (χ3v) is 5.47. The molecule has 0 saturated heterocycles. The van der Waals surface area contributed by atoms with Gasteiger partial charge in [-0.05, 0) is 43.8 Å². The highest BCUT2D eigenvalue weighted by Gasteiger charge is 2.53. The van der Waals surface area contributed by atoms with E-state index in [9.17, 15) is 9.59 Å². The van der Waals surface area contributed by atoms with Crippen molar-refractivity contribution < 1.29 is 9.59 Å². The van der Waals surface area contributed by atoms with Gasteiger partial charge in [0.15, 0.2) is 10.6 Å². The second kappa shape index (κ2) is 5.30. The van der Waals surface area contributed by atoms with Gasteiger partial charge < -0.3 is 5.32 Å². The molecule has 2 atom stereocenters. The molecule has 2 saturated carbocycles. The Kier molecular flexibility index (Phi) is 3.71. The number of hydrogen-bond donors (Lipinski definition) is 2. The van der Waals surface area contributed by atoms with Crippen molar-refractivity contribution in [2.45, 2.75) is 52.6 Å². The van der Waals surface area contributed by atoms with Gasteiger partial charge in [0, 0.05) is 17.9 Å². The highest BCUT2D eigenvalue weighted by Crippen LogP contribution is 2.51. The van der Waals surface area contributed by atoms with Crippen molar-refractivity contribution in [3.8, 4) is 0 Å². The monoisotopic (exact) mass is 322 g/mol. The molecule has 1 amide bonds. The van der Waals surface area contributed by atoms with Gasteiger partial charge in [0.05, 0.1) is 6.54 Å². The van der Waals surface area contributed by atoms with Crippen LogP contribution in [0, 0.1) is 22.0 Å². The van der Waals surface area contributed by atoms with Crippen LogP contribution in [0.15, 0.2) is 0 Å². The summed E-state index contributed by atoms with van der Waals surface area (Å²) >= 11 is 5.23. The van der Waals surface area contributed by atoms with Crippen LogP contribution in [-0.2, 0) is 16.1 Å². The normalized spacial score (nSPS) is 26.3. The van der Waals surface area contributed by atoms with E-state index >= 15 is 0 Å². The van der Waals surface area contributed by atoms with Gasteiger partial charge in [-0.25, -0.2) is 0 Å². The minimum atomic E-state index is -0.267. The van der Waals surface area contributed by atoms with Crippen LogP contribution in [0.3, 0.4) is 0 Å². The number of hydrogen-bond acceptors (Lipinski definition) is 4. The number of H-pyrrole nitrogens is 1. The summed E-state index contributed by atoms with van der Waals surface area (Å²) < 4.78 is 2.62. The first-order valence-corrected chi connectivity index (χ1v) is 8.17. The van der Waals surface area contributed by atoms with E-state index in [-0.39, 0.29) is 28.9 Å². The Balaban J connectivity index is 1.62. The lowest BCUT2D eigenvalue weighted by Crippen LogP contribution is -2.54. The van der Waals surface area contributed by atoms with E-state index in [2.05, 4.69) is 15.5 Å². The number of aromatic amines is 1. The lowest BCUT2D eigenvalue weighted by Gasteiger charge is -2.49. The quantitative estimate of drug-likeness (QED) is 0.814. The van der Waals surface area contributed by atoms with E-state index < -0.39 is 0 Å². The zero-order valence-electron chi connectivity index (χ0n) is 13.2. The standard InChI is InChI=1S/C15H22N4O2S/c1-8(20)10-6-11(15(10,2)3)13(21)16-7-12-17-18-14(22)19(12)9-4-5-9/h9-11H,4-7H2,1-3H3,(H,16,21)(H,18,22)/t10-,11+/m0/s1. The van der Waals surface area contributed by atoms with Crippen molar-refractivity contribution >= 4 is 23.9 Å². The molecule has 2 N–H and O–H groups in total. The molecular weight excluding hydrogens is 300 g/mol. The number of amides is 1. The minimum Gasteiger partial charge on any atom is -0.349 e. The highest BCUT2D eigenvalue weighted by atomic mass is 32.1. The Morgan fingerprint density at radius 1 is 1.41 bits per heavy atom. The molecule has 1 aromatic rings. The Labute approximate surface area is 134 Å². The molecule has 6 nitrogen and oxygen atoms in total. The summed E-state index contributed by atoms with van der Waals surface area (Å²) in [6, 6.07) is 0.431. The molecule has 22 heavy (non-hydrogen) atoms. The van der Waals surface area contributed by atoms with Crippen molar-refractivity contribution in [3.05, 3.63) is 10.6 Å². The molecule has 1 heterocycles. The van der Waals surface area contributed by atoms with Gasteiger partial charge in [-0.2, -0.15) is 5.10 Å². The van der Waals surface area contributed by atoms with Crippen LogP contribution in [0.5, 0.6) is 0 Å². The summed E-state index contributed by atoms with van der Waals surface area (Å²) in [5.74, 6) is 0.825. The van der Waals surface area contributed by atoms with Gasteiger partial charge in [-0.1, -0.05) is 13.8 Å². The maximum absolute atomic E-state index is 12.4. The maximum Gasteiger partial charge on any atom is 0.224 e. The Morgan fingerprint density at radius 3 is 2.64 bits per heavy atom. The van der Waals surface area contributed by atoms with Gasteiger partial charge in [0.2, 0.25) is 5.91 Å². The van der Waals surface area contributed by atoms with Crippen molar-refractivity contribution in [2.24, 2.45) is 17.3 Å². The Morgan fingerprint density at radius 2 is 2.09 bits per heavy atom. The molecule has 0 spiro atoms. The van der Waals surface area contributed by atoms with Crippen LogP contribution in [0.2, 0.25) is 0 Å². The van der Waals surface area contributed by atoms with Gasteiger partial charge in [0.1, 0.15) is 5.78 Å². The minimum absolute atomic E-state index is 0.00114. The van der Waals surface area contributed by atoms with E-state index in [0.29, 0.717) is 23.8 Å². The summed E-state index contributed by atoms with van der Waals surface area (Å²) in [7, 11) is 0. The lowest BCUT2D eigenvalue weighted by molar-refractivity contribution is -0.148. The fourth-order valence-electron chi connectivity index (χ4n) is 3.52. The molecule has 0 aromatic carbocycles.